The molecule has 0 heterocycles. The summed E-state index contributed by atoms with van der Waals surface area (Å²) in [5.41, 5.74) is 9.81. The average molecular weight is 175 g/mol. The third-order valence-electron chi connectivity index (χ3n) is 0.167. The van der Waals surface area contributed by atoms with Crippen LogP contribution in [0.15, 0.2) is 0 Å². The van der Waals surface area contributed by atoms with Crippen molar-refractivity contribution < 1.29 is 17.5 Å². The molecule has 0 aliphatic rings. The van der Waals surface area contributed by atoms with Gasteiger partial charge in [0.2, 0.25) is 0 Å². The lowest BCUT2D eigenvalue weighted by atomic mass is 10.7. The Morgan fingerprint density at radius 1 is 1.10 bits per heavy atom. The summed E-state index contributed by atoms with van der Waals surface area (Å²) in [7, 11) is -4.67. The minimum atomic E-state index is -4.67. The molecular weight excluding hydrogens is 162 g/mol. The molecule has 66 valence electrons. The van der Waals surface area contributed by atoms with Gasteiger partial charge in [0.25, 0.3) is 0 Å². The fraction of sp³-hybridized carbons (Fsp3) is 1.00. The quantitative estimate of drug-likeness (QED) is 0.300. The Labute approximate surface area is 59.6 Å². The van der Waals surface area contributed by atoms with Gasteiger partial charge >= 0.3 is 10.4 Å². The summed E-state index contributed by atoms with van der Waals surface area (Å²) in [6.07, 6.45) is 0. The van der Waals surface area contributed by atoms with Crippen molar-refractivity contribution in [3.05, 3.63) is 0 Å². The summed E-state index contributed by atoms with van der Waals surface area (Å²) in [5, 5.41) is 0. The summed E-state index contributed by atoms with van der Waals surface area (Å²) < 4.78 is 31.6. The van der Waals surface area contributed by atoms with Gasteiger partial charge in [0.05, 0.1) is 0 Å². The largest absolute Gasteiger partial charge is 0.394 e. The first-order chi connectivity index (χ1) is 3.91. The first-order valence-electron chi connectivity index (χ1n) is 2.01. The first-order valence-corrected chi connectivity index (χ1v) is 3.41. The Morgan fingerprint density at radius 3 is 1.20 bits per heavy atom. The molecule has 0 aliphatic carbocycles. The van der Waals surface area contributed by atoms with Crippen LogP contribution < -0.4 is 17.6 Å². The van der Waals surface area contributed by atoms with Crippen LogP contribution in [-0.2, 0) is 10.4 Å². The van der Waals surface area contributed by atoms with E-state index in [0.717, 1.165) is 0 Å². The standard InChI is InChI=1S/C2H8N2.H3N.H2O4S/c3-1-2-4;;1-5(2,3)4/h1-4H2;1H3;(H2,1,2,3,4). The molecule has 0 spiro atoms. The number of hydrogen-bond acceptors (Lipinski definition) is 5. The molecule has 10 heavy (non-hydrogen) atoms. The lowest BCUT2D eigenvalue weighted by Gasteiger charge is -1.72. The minimum absolute atomic E-state index is 0. The molecule has 0 saturated heterocycles. The Hall–Kier alpha value is -0.250. The Kier molecular flexibility index (Phi) is 14.3. The number of rotatable bonds is 1. The van der Waals surface area contributed by atoms with Crippen molar-refractivity contribution in [3.63, 3.8) is 0 Å². The second-order valence-corrected chi connectivity index (χ2v) is 1.92. The Morgan fingerprint density at radius 2 is 1.20 bits per heavy atom. The molecular formula is C2H13N3O4S. The summed E-state index contributed by atoms with van der Waals surface area (Å²) in [5.74, 6) is 0. The summed E-state index contributed by atoms with van der Waals surface area (Å²) in [6, 6.07) is 0. The van der Waals surface area contributed by atoms with Crippen LogP contribution in [0.4, 0.5) is 0 Å². The predicted molar refractivity (Wildman–Crippen MR) is 37.3 cm³/mol. The maximum Gasteiger partial charge on any atom is 0.394 e. The molecule has 0 aromatic heterocycles. The third-order valence-corrected chi connectivity index (χ3v) is 0.167. The van der Waals surface area contributed by atoms with E-state index < -0.39 is 10.4 Å². The van der Waals surface area contributed by atoms with Crippen molar-refractivity contribution in [3.8, 4) is 0 Å². The van der Waals surface area contributed by atoms with Crippen LogP contribution in [0, 0.1) is 0 Å². The molecule has 0 amide bonds. The Bertz CT molecular complexity index is 121. The monoisotopic (exact) mass is 175 g/mol. The highest BCUT2D eigenvalue weighted by Gasteiger charge is 1.84. The highest BCUT2D eigenvalue weighted by molar-refractivity contribution is 7.79. The molecule has 0 atom stereocenters. The van der Waals surface area contributed by atoms with Crippen LogP contribution in [0.2, 0.25) is 0 Å². The van der Waals surface area contributed by atoms with Crippen LogP contribution in [-0.4, -0.2) is 30.6 Å². The summed E-state index contributed by atoms with van der Waals surface area (Å²) >= 11 is 0. The smallest absolute Gasteiger partial charge is 0.344 e. The zero-order valence-electron chi connectivity index (χ0n) is 5.40. The van der Waals surface area contributed by atoms with Crippen LogP contribution in [0.5, 0.6) is 0 Å². The van der Waals surface area contributed by atoms with E-state index >= 15 is 0 Å². The van der Waals surface area contributed by atoms with Gasteiger partial charge in [0.15, 0.2) is 0 Å². The average Bonchev–Trinajstić information content (AvgIpc) is 1.61. The van der Waals surface area contributed by atoms with E-state index in [1.165, 1.54) is 0 Å². The minimum Gasteiger partial charge on any atom is -0.344 e. The van der Waals surface area contributed by atoms with Crippen molar-refractivity contribution in [1.29, 1.82) is 0 Å². The zero-order valence-corrected chi connectivity index (χ0v) is 6.21. The van der Waals surface area contributed by atoms with E-state index in [1.54, 1.807) is 0 Å². The third kappa shape index (κ3) is 628. The first kappa shape index (κ1) is 16.4. The van der Waals surface area contributed by atoms with Crippen LogP contribution in [0.1, 0.15) is 0 Å². The predicted octanol–water partition coefficient (Wildman–Crippen LogP) is -1.59. The van der Waals surface area contributed by atoms with Gasteiger partial charge in [-0.2, -0.15) is 8.42 Å². The van der Waals surface area contributed by atoms with Gasteiger partial charge < -0.3 is 17.6 Å². The van der Waals surface area contributed by atoms with Gasteiger partial charge in [-0.25, -0.2) is 0 Å². The molecule has 0 unspecified atom stereocenters. The molecule has 0 aromatic rings. The molecule has 0 aromatic carbocycles. The summed E-state index contributed by atoms with van der Waals surface area (Å²) in [4.78, 5) is 0. The van der Waals surface area contributed by atoms with Crippen LogP contribution in [0.3, 0.4) is 0 Å². The molecule has 0 fully saturated rings. The number of hydrogen-bond donors (Lipinski definition) is 5. The zero-order chi connectivity index (χ0) is 7.91. The molecule has 8 heteroatoms. The maximum absolute atomic E-state index is 8.74. The molecule has 7 nitrogen and oxygen atoms in total. The summed E-state index contributed by atoms with van der Waals surface area (Å²) in [6.45, 7) is 1.19. The van der Waals surface area contributed by atoms with Gasteiger partial charge in [-0.3, -0.25) is 9.11 Å². The molecule has 0 bridgehead atoms. The molecule has 9 N–H and O–H groups in total. The highest BCUT2D eigenvalue weighted by Crippen LogP contribution is 1.59. The van der Waals surface area contributed by atoms with Gasteiger partial charge in [-0.05, 0) is 0 Å². The van der Waals surface area contributed by atoms with Crippen molar-refractivity contribution in [2.45, 2.75) is 0 Å². The van der Waals surface area contributed by atoms with Gasteiger partial charge in [0, 0.05) is 13.1 Å². The lowest BCUT2D eigenvalue weighted by molar-refractivity contribution is 0.381. The molecule has 0 radical (unpaired) electrons. The van der Waals surface area contributed by atoms with E-state index in [1.807, 2.05) is 0 Å². The highest BCUT2D eigenvalue weighted by atomic mass is 32.3. The van der Waals surface area contributed by atoms with E-state index in [-0.39, 0.29) is 6.15 Å². The van der Waals surface area contributed by atoms with E-state index in [9.17, 15) is 0 Å². The van der Waals surface area contributed by atoms with Gasteiger partial charge in [0.1, 0.15) is 0 Å². The SMILES string of the molecule is N.NCCN.O=S(=O)(O)O. The van der Waals surface area contributed by atoms with E-state index in [4.69, 9.17) is 29.0 Å². The fourth-order valence-electron chi connectivity index (χ4n) is 0. The van der Waals surface area contributed by atoms with Crippen molar-refractivity contribution in [1.82, 2.24) is 6.15 Å². The van der Waals surface area contributed by atoms with Crippen molar-refractivity contribution in [2.75, 3.05) is 13.1 Å². The van der Waals surface area contributed by atoms with E-state index in [2.05, 4.69) is 0 Å². The Balaban J connectivity index is -0.0000000910. The topological polar surface area (TPSA) is 162 Å². The van der Waals surface area contributed by atoms with Crippen LogP contribution >= 0.6 is 0 Å². The lowest BCUT2D eigenvalue weighted by Crippen LogP contribution is -2.11. The van der Waals surface area contributed by atoms with E-state index in [0.29, 0.717) is 13.1 Å². The second kappa shape index (κ2) is 8.75. The van der Waals surface area contributed by atoms with Crippen LogP contribution in [0.25, 0.3) is 0 Å². The second-order valence-electron chi connectivity index (χ2n) is 1.03. The van der Waals surface area contributed by atoms with Gasteiger partial charge in [-0.1, -0.05) is 0 Å². The maximum atomic E-state index is 8.74. The van der Waals surface area contributed by atoms with Crippen molar-refractivity contribution in [2.24, 2.45) is 11.5 Å². The normalized spacial score (nSPS) is 8.80. The molecule has 0 rings (SSSR count). The van der Waals surface area contributed by atoms with Crippen molar-refractivity contribution >= 4 is 10.4 Å². The van der Waals surface area contributed by atoms with Gasteiger partial charge in [-0.15, -0.1) is 0 Å². The fourth-order valence-corrected chi connectivity index (χ4v) is 0. The molecule has 0 saturated carbocycles. The molecule has 0 aliphatic heterocycles. The number of nitrogens with two attached hydrogens (primary N) is 2.